The van der Waals surface area contributed by atoms with Crippen molar-refractivity contribution >= 4 is 15.9 Å². The van der Waals surface area contributed by atoms with Crippen LogP contribution in [-0.2, 0) is 10.0 Å². The lowest BCUT2D eigenvalue weighted by Crippen LogP contribution is -2.48. The van der Waals surface area contributed by atoms with Crippen LogP contribution in [0, 0.1) is 0 Å². The second-order valence-corrected chi connectivity index (χ2v) is 9.34. The van der Waals surface area contributed by atoms with Crippen LogP contribution in [0.3, 0.4) is 0 Å². The van der Waals surface area contributed by atoms with Crippen LogP contribution >= 0.6 is 0 Å². The van der Waals surface area contributed by atoms with Gasteiger partial charge in [0.15, 0.2) is 0 Å². The Hall–Kier alpha value is -1.64. The zero-order valence-corrected chi connectivity index (χ0v) is 17.7. The van der Waals surface area contributed by atoms with Gasteiger partial charge in [0, 0.05) is 39.3 Å². The van der Waals surface area contributed by atoms with Gasteiger partial charge in [-0.25, -0.2) is 8.42 Å². The fourth-order valence-corrected chi connectivity index (χ4v) is 5.34. The van der Waals surface area contributed by atoms with Gasteiger partial charge in [0.1, 0.15) is 5.75 Å². The minimum absolute atomic E-state index is 0.147. The molecule has 0 radical (unpaired) electrons. The van der Waals surface area contributed by atoms with Crippen LogP contribution in [-0.4, -0.2) is 81.4 Å². The normalized spacial score (nSPS) is 20.0. The maximum atomic E-state index is 13.1. The van der Waals surface area contributed by atoms with Crippen molar-refractivity contribution in [1.82, 2.24) is 14.1 Å². The number of nitrogens with zero attached hydrogens (tertiary/aromatic N) is 3. The van der Waals surface area contributed by atoms with Crippen molar-refractivity contribution in [2.75, 3.05) is 52.9 Å². The minimum Gasteiger partial charge on any atom is -0.496 e. The number of carbonyl (C=O) groups is 1. The Balaban J connectivity index is 1.86. The molecule has 1 amide bonds. The quantitative estimate of drug-likeness (QED) is 0.744. The maximum absolute atomic E-state index is 13.1. The van der Waals surface area contributed by atoms with Crippen molar-refractivity contribution in [3.63, 3.8) is 0 Å². The highest BCUT2D eigenvalue weighted by atomic mass is 32.2. The van der Waals surface area contributed by atoms with E-state index >= 15 is 0 Å². The van der Waals surface area contributed by atoms with E-state index in [1.54, 1.807) is 12.1 Å². The monoisotopic (exact) mass is 409 g/mol. The maximum Gasteiger partial charge on any atom is 0.257 e. The zero-order chi connectivity index (χ0) is 20.1. The first-order chi connectivity index (χ1) is 13.5. The van der Waals surface area contributed by atoms with E-state index in [4.69, 9.17) is 4.74 Å². The molecule has 2 fully saturated rings. The first-order valence-corrected chi connectivity index (χ1v) is 11.6. The molecule has 2 aliphatic heterocycles. The van der Waals surface area contributed by atoms with Gasteiger partial charge in [-0.15, -0.1) is 0 Å². The molecule has 2 saturated heterocycles. The Bertz CT molecular complexity index is 781. The van der Waals surface area contributed by atoms with Crippen molar-refractivity contribution in [1.29, 1.82) is 0 Å². The second kappa shape index (κ2) is 9.24. The number of likely N-dealkylation sites (tertiary alicyclic amines) is 1. The number of likely N-dealkylation sites (N-methyl/N-ethyl adjacent to an activating group) is 1. The number of rotatable bonds is 5. The smallest absolute Gasteiger partial charge is 0.257 e. The molecule has 0 spiro atoms. The van der Waals surface area contributed by atoms with Crippen molar-refractivity contribution < 1.29 is 17.9 Å². The summed E-state index contributed by atoms with van der Waals surface area (Å²) in [5.41, 5.74) is 0.331. The largest absolute Gasteiger partial charge is 0.496 e. The molecule has 0 saturated carbocycles. The molecule has 0 N–H and O–H groups in total. The fraction of sp³-hybridized carbons (Fsp3) is 0.650. The molecular formula is C20H31N3O4S. The van der Waals surface area contributed by atoms with Crippen LogP contribution in [0.25, 0.3) is 0 Å². The van der Waals surface area contributed by atoms with Crippen LogP contribution in [0.1, 0.15) is 43.0 Å². The average molecular weight is 410 g/mol. The number of sulfonamides is 1. The summed E-state index contributed by atoms with van der Waals surface area (Å²) in [6.45, 7) is 6.81. The second-order valence-electron chi connectivity index (χ2n) is 7.41. The van der Waals surface area contributed by atoms with E-state index < -0.39 is 10.0 Å². The van der Waals surface area contributed by atoms with E-state index in [-0.39, 0.29) is 10.8 Å². The highest BCUT2D eigenvalue weighted by molar-refractivity contribution is 7.89. The molecular weight excluding hydrogens is 378 g/mol. The van der Waals surface area contributed by atoms with Gasteiger partial charge in [-0.2, -0.15) is 4.31 Å². The van der Waals surface area contributed by atoms with E-state index in [0.29, 0.717) is 37.5 Å². The van der Waals surface area contributed by atoms with E-state index in [9.17, 15) is 13.2 Å². The van der Waals surface area contributed by atoms with Crippen LogP contribution in [0.5, 0.6) is 5.75 Å². The molecule has 2 heterocycles. The highest BCUT2D eigenvalue weighted by Gasteiger charge is 2.30. The van der Waals surface area contributed by atoms with Crippen molar-refractivity contribution in [3.8, 4) is 5.75 Å². The standard InChI is InChI=1S/C20H31N3O4S/c1-3-21-12-14-23(15-13-21)28(25,26)17-8-9-19(27-2)18(16-17)20(24)22-10-6-4-5-7-11-22/h8-9,16H,3-7,10-15H2,1-2H3. The van der Waals surface area contributed by atoms with E-state index in [1.807, 2.05) is 4.90 Å². The number of methoxy groups -OCH3 is 1. The molecule has 7 nitrogen and oxygen atoms in total. The van der Waals surface area contributed by atoms with E-state index in [1.165, 1.54) is 17.5 Å². The molecule has 1 aromatic rings. The van der Waals surface area contributed by atoms with Gasteiger partial charge in [0.05, 0.1) is 17.6 Å². The molecule has 0 aliphatic carbocycles. The van der Waals surface area contributed by atoms with Gasteiger partial charge in [0.2, 0.25) is 10.0 Å². The van der Waals surface area contributed by atoms with Gasteiger partial charge >= 0.3 is 0 Å². The number of piperazine rings is 1. The topological polar surface area (TPSA) is 70.2 Å². The fourth-order valence-electron chi connectivity index (χ4n) is 3.89. The number of amides is 1. The lowest BCUT2D eigenvalue weighted by Gasteiger charge is -2.33. The van der Waals surface area contributed by atoms with Gasteiger partial charge in [-0.1, -0.05) is 19.8 Å². The summed E-state index contributed by atoms with van der Waals surface area (Å²) < 4.78 is 33.1. The van der Waals surface area contributed by atoms with Crippen LogP contribution < -0.4 is 4.74 Å². The minimum atomic E-state index is -3.63. The van der Waals surface area contributed by atoms with Crippen LogP contribution in [0.2, 0.25) is 0 Å². The summed E-state index contributed by atoms with van der Waals surface area (Å²) in [6.07, 6.45) is 4.21. The lowest BCUT2D eigenvalue weighted by atomic mass is 10.1. The summed E-state index contributed by atoms with van der Waals surface area (Å²) in [5, 5.41) is 0. The van der Waals surface area contributed by atoms with Gasteiger partial charge in [0.25, 0.3) is 5.91 Å². The van der Waals surface area contributed by atoms with E-state index in [0.717, 1.165) is 45.3 Å². The Kier molecular flexibility index (Phi) is 6.95. The predicted octanol–water partition coefficient (Wildman–Crippen LogP) is 2.04. The van der Waals surface area contributed by atoms with Crippen LogP contribution in [0.4, 0.5) is 0 Å². The predicted molar refractivity (Wildman–Crippen MR) is 108 cm³/mol. The Morgan fingerprint density at radius 1 is 1.00 bits per heavy atom. The van der Waals surface area contributed by atoms with Crippen molar-refractivity contribution in [2.24, 2.45) is 0 Å². The Morgan fingerprint density at radius 3 is 2.21 bits per heavy atom. The van der Waals surface area contributed by atoms with Crippen molar-refractivity contribution in [3.05, 3.63) is 23.8 Å². The van der Waals surface area contributed by atoms with Crippen LogP contribution in [0.15, 0.2) is 23.1 Å². The molecule has 0 bridgehead atoms. The third-order valence-corrected chi connectivity index (χ3v) is 7.61. The summed E-state index contributed by atoms with van der Waals surface area (Å²) in [7, 11) is -2.13. The molecule has 0 atom stereocenters. The van der Waals surface area contributed by atoms with Gasteiger partial charge in [-0.3, -0.25) is 4.79 Å². The van der Waals surface area contributed by atoms with Gasteiger partial charge < -0.3 is 14.5 Å². The first kappa shape index (κ1) is 21.1. The summed E-state index contributed by atoms with van der Waals surface area (Å²) in [6, 6.07) is 4.63. The highest BCUT2D eigenvalue weighted by Crippen LogP contribution is 2.27. The Morgan fingerprint density at radius 2 is 1.64 bits per heavy atom. The molecule has 28 heavy (non-hydrogen) atoms. The molecule has 3 rings (SSSR count). The number of carbonyl (C=O) groups excluding carboxylic acids is 1. The first-order valence-electron chi connectivity index (χ1n) is 10.2. The summed E-state index contributed by atoms with van der Waals surface area (Å²) >= 11 is 0. The van der Waals surface area contributed by atoms with Gasteiger partial charge in [-0.05, 0) is 37.6 Å². The lowest BCUT2D eigenvalue weighted by molar-refractivity contribution is 0.0758. The average Bonchev–Trinajstić information content (AvgIpc) is 3.02. The summed E-state index contributed by atoms with van der Waals surface area (Å²) in [4.78, 5) is 17.3. The third kappa shape index (κ3) is 4.50. The SMILES string of the molecule is CCN1CCN(S(=O)(=O)c2ccc(OC)c(C(=O)N3CCCCCC3)c2)CC1. The number of hydrogen-bond donors (Lipinski definition) is 0. The number of hydrogen-bond acceptors (Lipinski definition) is 5. The molecule has 0 unspecified atom stereocenters. The van der Waals surface area contributed by atoms with E-state index in [2.05, 4.69) is 11.8 Å². The Labute approximate surface area is 168 Å². The molecule has 0 aromatic heterocycles. The molecule has 156 valence electrons. The molecule has 1 aromatic carbocycles. The number of ether oxygens (including phenoxy) is 1. The zero-order valence-electron chi connectivity index (χ0n) is 16.9. The van der Waals surface area contributed by atoms with Crippen molar-refractivity contribution in [2.45, 2.75) is 37.5 Å². The third-order valence-electron chi connectivity index (χ3n) is 5.71. The molecule has 2 aliphatic rings. The summed E-state index contributed by atoms with van der Waals surface area (Å²) in [5.74, 6) is 0.274. The number of benzene rings is 1. The molecule has 8 heteroatoms.